The quantitative estimate of drug-likeness (QED) is 0.509. The first-order valence-corrected chi connectivity index (χ1v) is 11.8. The van der Waals surface area contributed by atoms with E-state index in [1.54, 1.807) is 5.38 Å². The molecule has 9 heteroatoms. The van der Waals surface area contributed by atoms with Crippen molar-refractivity contribution in [2.24, 2.45) is 0 Å². The van der Waals surface area contributed by atoms with Crippen LogP contribution < -0.4 is 5.32 Å². The van der Waals surface area contributed by atoms with Crippen molar-refractivity contribution in [2.45, 2.75) is 25.3 Å². The van der Waals surface area contributed by atoms with E-state index < -0.39 is 24.0 Å². The summed E-state index contributed by atoms with van der Waals surface area (Å²) in [5.74, 6) is -1.55. The molecule has 2 amide bonds. The first-order chi connectivity index (χ1) is 16.4. The second kappa shape index (κ2) is 10.0. The number of amides is 2. The van der Waals surface area contributed by atoms with Gasteiger partial charge in [-0.15, -0.1) is 11.3 Å². The standard InChI is InChI=1S/C25H25N3O5S/c1-15(24(30)31)28(2)23(29)21-14-34-22(27-21)11-12-26-25(32)33-13-20-18-9-5-3-7-16(18)17-8-4-6-10-19(17)20/h3-10,14-15,20H,11-13H2,1-2H3,(H,26,32)(H,30,31). The first-order valence-electron chi connectivity index (χ1n) is 10.9. The third-order valence-electron chi connectivity index (χ3n) is 5.98. The number of alkyl carbamates (subject to hydrolysis) is 1. The average molecular weight is 480 g/mol. The van der Waals surface area contributed by atoms with E-state index in [1.165, 1.54) is 36.4 Å². The minimum absolute atomic E-state index is 0.00383. The Bertz CT molecular complexity index is 1180. The van der Waals surface area contributed by atoms with Gasteiger partial charge in [-0.2, -0.15) is 0 Å². The highest BCUT2D eigenvalue weighted by Gasteiger charge is 2.29. The number of carboxylic acid groups (broad SMARTS) is 1. The van der Waals surface area contributed by atoms with Crippen molar-refractivity contribution in [2.75, 3.05) is 20.2 Å². The van der Waals surface area contributed by atoms with Crippen molar-refractivity contribution in [1.29, 1.82) is 0 Å². The molecule has 2 N–H and O–H groups in total. The topological polar surface area (TPSA) is 109 Å². The lowest BCUT2D eigenvalue weighted by Crippen LogP contribution is -2.40. The SMILES string of the molecule is CC(C(=O)O)N(C)C(=O)c1csc(CCNC(=O)OCC2c3ccccc3-c3ccccc32)n1. The fraction of sp³-hybridized carbons (Fsp3) is 0.280. The van der Waals surface area contributed by atoms with Crippen LogP contribution >= 0.6 is 11.3 Å². The van der Waals surface area contributed by atoms with Gasteiger partial charge in [-0.05, 0) is 29.2 Å². The summed E-state index contributed by atoms with van der Waals surface area (Å²) >= 11 is 1.29. The number of hydrogen-bond acceptors (Lipinski definition) is 6. The molecule has 1 atom stereocenters. The molecular weight excluding hydrogens is 454 g/mol. The maximum absolute atomic E-state index is 12.4. The summed E-state index contributed by atoms with van der Waals surface area (Å²) < 4.78 is 5.52. The fourth-order valence-corrected chi connectivity index (χ4v) is 4.74. The Kier molecular flexibility index (Phi) is 6.93. The van der Waals surface area contributed by atoms with Gasteiger partial charge in [-0.1, -0.05) is 48.5 Å². The van der Waals surface area contributed by atoms with E-state index in [2.05, 4.69) is 34.6 Å². The number of nitrogens with one attached hydrogen (secondary N) is 1. The largest absolute Gasteiger partial charge is 0.480 e. The van der Waals surface area contributed by atoms with Crippen molar-refractivity contribution in [1.82, 2.24) is 15.2 Å². The van der Waals surface area contributed by atoms with Crippen LogP contribution in [0.3, 0.4) is 0 Å². The number of carboxylic acids is 1. The van der Waals surface area contributed by atoms with E-state index >= 15 is 0 Å². The first kappa shape index (κ1) is 23.4. The van der Waals surface area contributed by atoms with Crippen LogP contribution in [0.25, 0.3) is 11.1 Å². The van der Waals surface area contributed by atoms with Gasteiger partial charge in [0.2, 0.25) is 0 Å². The van der Waals surface area contributed by atoms with Crippen LogP contribution in [0.2, 0.25) is 0 Å². The van der Waals surface area contributed by atoms with Crippen molar-refractivity contribution in [3.63, 3.8) is 0 Å². The number of aliphatic carboxylic acids is 1. The molecule has 0 fully saturated rings. The van der Waals surface area contributed by atoms with Crippen LogP contribution in [0.1, 0.15) is 39.5 Å². The molecule has 4 rings (SSSR count). The molecule has 0 radical (unpaired) electrons. The van der Waals surface area contributed by atoms with Gasteiger partial charge >= 0.3 is 12.1 Å². The van der Waals surface area contributed by atoms with Gasteiger partial charge < -0.3 is 20.1 Å². The Balaban J connectivity index is 1.28. The number of benzene rings is 2. The van der Waals surface area contributed by atoms with Crippen molar-refractivity contribution in [3.05, 3.63) is 75.7 Å². The van der Waals surface area contributed by atoms with E-state index in [0.717, 1.165) is 16.0 Å². The summed E-state index contributed by atoms with van der Waals surface area (Å²) in [6.07, 6.45) is -0.0786. The number of fused-ring (bicyclic) bond motifs is 3. The lowest BCUT2D eigenvalue weighted by Gasteiger charge is -2.20. The Hall–Kier alpha value is -3.72. The molecule has 34 heavy (non-hydrogen) atoms. The summed E-state index contributed by atoms with van der Waals surface area (Å²) in [6, 6.07) is 15.3. The summed E-state index contributed by atoms with van der Waals surface area (Å²) in [7, 11) is 1.43. The van der Waals surface area contributed by atoms with Crippen LogP contribution in [0, 0.1) is 0 Å². The van der Waals surface area contributed by atoms with Crippen LogP contribution in [-0.4, -0.2) is 59.2 Å². The number of aromatic nitrogens is 1. The highest BCUT2D eigenvalue weighted by Crippen LogP contribution is 2.44. The predicted octanol–water partition coefficient (Wildman–Crippen LogP) is 3.77. The zero-order valence-corrected chi connectivity index (χ0v) is 19.7. The summed E-state index contributed by atoms with van der Waals surface area (Å²) in [5.41, 5.74) is 4.84. The van der Waals surface area contributed by atoms with Crippen LogP contribution in [-0.2, 0) is 16.0 Å². The number of likely N-dealkylation sites (N-methyl/N-ethyl adjacent to an activating group) is 1. The third kappa shape index (κ3) is 4.79. The molecule has 1 aliphatic rings. The number of nitrogens with zero attached hydrogens (tertiary/aromatic N) is 2. The smallest absolute Gasteiger partial charge is 0.407 e. The molecule has 1 aromatic heterocycles. The summed E-state index contributed by atoms with van der Waals surface area (Å²) in [6.45, 7) is 1.98. The number of thiazole rings is 1. The van der Waals surface area contributed by atoms with Crippen molar-refractivity contribution < 1.29 is 24.2 Å². The Morgan fingerprint density at radius 2 is 1.74 bits per heavy atom. The van der Waals surface area contributed by atoms with Gasteiger partial charge in [0.1, 0.15) is 18.3 Å². The Morgan fingerprint density at radius 3 is 2.35 bits per heavy atom. The van der Waals surface area contributed by atoms with Gasteiger partial charge in [0.25, 0.3) is 5.91 Å². The highest BCUT2D eigenvalue weighted by atomic mass is 32.1. The Morgan fingerprint density at radius 1 is 1.12 bits per heavy atom. The van der Waals surface area contributed by atoms with Crippen LogP contribution in [0.4, 0.5) is 4.79 Å². The molecule has 2 aromatic carbocycles. The molecule has 0 aliphatic heterocycles. The summed E-state index contributed by atoms with van der Waals surface area (Å²) in [5, 5.41) is 14.1. The lowest BCUT2D eigenvalue weighted by molar-refractivity contribution is -0.141. The van der Waals surface area contributed by atoms with E-state index in [9.17, 15) is 14.4 Å². The van der Waals surface area contributed by atoms with Crippen LogP contribution in [0.15, 0.2) is 53.9 Å². The fourth-order valence-electron chi connectivity index (χ4n) is 3.97. The van der Waals surface area contributed by atoms with E-state index in [0.29, 0.717) is 18.0 Å². The third-order valence-corrected chi connectivity index (χ3v) is 6.89. The zero-order chi connectivity index (χ0) is 24.2. The van der Waals surface area contributed by atoms with Crippen molar-refractivity contribution >= 4 is 29.3 Å². The van der Waals surface area contributed by atoms with Crippen LogP contribution in [0.5, 0.6) is 0 Å². The molecule has 0 saturated carbocycles. The van der Waals surface area contributed by atoms with E-state index in [1.807, 2.05) is 24.3 Å². The number of rotatable bonds is 8. The van der Waals surface area contributed by atoms with Crippen molar-refractivity contribution in [3.8, 4) is 11.1 Å². The highest BCUT2D eigenvalue weighted by molar-refractivity contribution is 7.09. The average Bonchev–Trinajstić information content (AvgIpc) is 3.44. The minimum Gasteiger partial charge on any atom is -0.480 e. The maximum atomic E-state index is 12.4. The molecule has 1 heterocycles. The molecule has 1 aliphatic carbocycles. The van der Waals surface area contributed by atoms with Gasteiger partial charge in [0.05, 0.1) is 5.01 Å². The molecule has 8 nitrogen and oxygen atoms in total. The molecule has 0 bridgehead atoms. The van der Waals surface area contributed by atoms with E-state index in [-0.39, 0.29) is 18.2 Å². The molecule has 0 saturated heterocycles. The lowest BCUT2D eigenvalue weighted by atomic mass is 9.98. The van der Waals surface area contributed by atoms with Gasteiger partial charge in [0.15, 0.2) is 0 Å². The number of carbonyl (C=O) groups excluding carboxylic acids is 2. The predicted molar refractivity (Wildman–Crippen MR) is 128 cm³/mol. The Labute approximate surface area is 201 Å². The second-order valence-corrected chi connectivity index (χ2v) is 9.00. The van der Waals surface area contributed by atoms with Gasteiger partial charge in [-0.3, -0.25) is 4.79 Å². The van der Waals surface area contributed by atoms with Gasteiger partial charge in [-0.25, -0.2) is 14.6 Å². The zero-order valence-electron chi connectivity index (χ0n) is 18.9. The molecular formula is C25H25N3O5S. The summed E-state index contributed by atoms with van der Waals surface area (Å²) in [4.78, 5) is 41.2. The number of carbonyl (C=O) groups is 3. The number of hydrogen-bond donors (Lipinski definition) is 2. The molecule has 1 unspecified atom stereocenters. The van der Waals surface area contributed by atoms with Gasteiger partial charge in [0, 0.05) is 31.3 Å². The molecule has 0 spiro atoms. The number of ether oxygens (including phenoxy) is 1. The normalized spacial score (nSPS) is 13.0. The second-order valence-electron chi connectivity index (χ2n) is 8.06. The van der Waals surface area contributed by atoms with E-state index in [4.69, 9.17) is 9.84 Å². The monoisotopic (exact) mass is 479 g/mol. The maximum Gasteiger partial charge on any atom is 0.407 e. The molecule has 176 valence electrons. The minimum atomic E-state index is -1.08. The molecule has 3 aromatic rings.